The van der Waals surface area contributed by atoms with Gasteiger partial charge >= 0.3 is 35.8 Å². The third kappa shape index (κ3) is 11.1. The zero-order valence-electron chi connectivity index (χ0n) is 20.3. The Kier molecular flexibility index (Phi) is 12.1. The molecule has 1 aliphatic heterocycles. The van der Waals surface area contributed by atoms with Crippen LogP contribution >= 0.6 is 0 Å². The van der Waals surface area contributed by atoms with E-state index in [-0.39, 0.29) is 6.61 Å². The van der Waals surface area contributed by atoms with Gasteiger partial charge in [0.05, 0.1) is 6.61 Å². The lowest BCUT2D eigenvalue weighted by Gasteiger charge is -2.44. The van der Waals surface area contributed by atoms with E-state index in [0.29, 0.717) is 0 Å². The smallest absolute Gasteiger partial charge is 0.303 e. The molecule has 1 rings (SSSR count). The van der Waals surface area contributed by atoms with Crippen LogP contribution in [0.15, 0.2) is 0 Å². The summed E-state index contributed by atoms with van der Waals surface area (Å²) in [6.45, 7) is 5.50. The van der Waals surface area contributed by atoms with Crippen molar-refractivity contribution in [3.63, 3.8) is 0 Å². The normalized spacial score (nSPS) is 24.3. The van der Waals surface area contributed by atoms with E-state index in [4.69, 9.17) is 37.9 Å². The summed E-state index contributed by atoms with van der Waals surface area (Å²) in [5, 5.41) is 0. The lowest BCUT2D eigenvalue weighted by Crippen LogP contribution is -2.63. The first-order valence-corrected chi connectivity index (χ1v) is 10.5. The maximum atomic E-state index is 11.8. The number of carbonyl (C=O) groups is 6. The van der Waals surface area contributed by atoms with Gasteiger partial charge in [-0.15, -0.1) is 0 Å². The van der Waals surface area contributed by atoms with Gasteiger partial charge in [-0.1, -0.05) is 0 Å². The second-order valence-corrected chi connectivity index (χ2v) is 7.44. The van der Waals surface area contributed by atoms with Crippen molar-refractivity contribution in [2.45, 2.75) is 78.4 Å². The van der Waals surface area contributed by atoms with Crippen molar-refractivity contribution >= 4 is 35.8 Å². The molecule has 0 saturated carbocycles. The Hall–Kier alpha value is -3.26. The van der Waals surface area contributed by atoms with Gasteiger partial charge in [0.1, 0.15) is 19.3 Å². The summed E-state index contributed by atoms with van der Waals surface area (Å²) in [6, 6.07) is 0. The highest BCUT2D eigenvalue weighted by Gasteiger charge is 2.53. The van der Waals surface area contributed by atoms with E-state index >= 15 is 0 Å². The number of hydrogen-bond donors (Lipinski definition) is 0. The minimum Gasteiger partial charge on any atom is -0.463 e. The molecule has 1 heterocycles. The summed E-state index contributed by atoms with van der Waals surface area (Å²) in [4.78, 5) is 69.2. The number of hydrogen-bond acceptors (Lipinski definition) is 14. The van der Waals surface area contributed by atoms with Gasteiger partial charge in [0.2, 0.25) is 0 Å². The van der Waals surface area contributed by atoms with E-state index in [2.05, 4.69) is 0 Å². The quantitative estimate of drug-likeness (QED) is 0.261. The van der Waals surface area contributed by atoms with Crippen LogP contribution in [0.25, 0.3) is 0 Å². The minimum absolute atomic E-state index is 0.347. The molecule has 0 aromatic rings. The van der Waals surface area contributed by atoms with E-state index in [1.807, 2.05) is 0 Å². The third-order valence-electron chi connectivity index (χ3n) is 4.20. The maximum absolute atomic E-state index is 11.8. The van der Waals surface area contributed by atoms with Gasteiger partial charge in [0.15, 0.2) is 30.7 Å². The highest BCUT2D eigenvalue weighted by Crippen LogP contribution is 2.30. The number of esters is 6. The van der Waals surface area contributed by atoms with Gasteiger partial charge in [0.25, 0.3) is 0 Å². The molecule has 1 fully saturated rings. The van der Waals surface area contributed by atoms with E-state index in [9.17, 15) is 28.8 Å². The molecule has 0 aromatic carbocycles. The Balaban J connectivity index is 3.27. The standard InChI is InChI=1S/C21H30O14/c1-10(22)28-7-16(31-12(3)24)8-30-21-20(34-15(6)27)19(33-14(5)26)18(32-13(4)25)17(35-21)9-29-11(2)23/h16-21H,7-9H2,1-6H3/t16-,17-,18+,19+,20-,21+/m1/s1. The van der Waals surface area contributed by atoms with Crippen LogP contribution in [-0.4, -0.2) is 92.4 Å². The van der Waals surface area contributed by atoms with Crippen molar-refractivity contribution in [1.82, 2.24) is 0 Å². The van der Waals surface area contributed by atoms with Crippen LogP contribution in [-0.2, 0) is 66.7 Å². The third-order valence-corrected chi connectivity index (χ3v) is 4.20. The Morgan fingerprint density at radius 3 is 1.63 bits per heavy atom. The van der Waals surface area contributed by atoms with Crippen LogP contribution in [0.2, 0.25) is 0 Å². The van der Waals surface area contributed by atoms with Crippen molar-refractivity contribution in [1.29, 1.82) is 0 Å². The Morgan fingerprint density at radius 2 is 1.14 bits per heavy atom. The molecule has 1 saturated heterocycles. The lowest BCUT2D eigenvalue weighted by molar-refractivity contribution is -0.311. The van der Waals surface area contributed by atoms with Crippen molar-refractivity contribution in [2.75, 3.05) is 19.8 Å². The van der Waals surface area contributed by atoms with Crippen LogP contribution in [0.1, 0.15) is 41.5 Å². The summed E-state index contributed by atoms with van der Waals surface area (Å²) >= 11 is 0. The molecule has 0 spiro atoms. The first-order valence-electron chi connectivity index (χ1n) is 10.5. The number of rotatable bonds is 11. The molecular formula is C21H30O14. The van der Waals surface area contributed by atoms with Crippen LogP contribution in [0.4, 0.5) is 0 Å². The molecule has 14 heteroatoms. The monoisotopic (exact) mass is 506 g/mol. The van der Waals surface area contributed by atoms with Crippen molar-refractivity contribution < 1.29 is 66.7 Å². The highest BCUT2D eigenvalue weighted by atomic mass is 16.7. The maximum Gasteiger partial charge on any atom is 0.303 e. The average Bonchev–Trinajstić information content (AvgIpc) is 2.70. The van der Waals surface area contributed by atoms with Gasteiger partial charge in [-0.25, -0.2) is 0 Å². The fourth-order valence-electron chi connectivity index (χ4n) is 3.09. The highest BCUT2D eigenvalue weighted by molar-refractivity contribution is 5.69. The molecule has 1 aliphatic rings. The second kappa shape index (κ2) is 14.2. The van der Waals surface area contributed by atoms with Crippen molar-refractivity contribution in [3.8, 4) is 0 Å². The van der Waals surface area contributed by atoms with E-state index in [1.165, 1.54) is 0 Å². The zero-order chi connectivity index (χ0) is 26.7. The van der Waals surface area contributed by atoms with Gasteiger partial charge < -0.3 is 37.9 Å². The molecule has 0 radical (unpaired) electrons. The summed E-state index contributed by atoms with van der Waals surface area (Å²) in [5.41, 5.74) is 0. The Labute approximate surface area is 201 Å². The first kappa shape index (κ1) is 29.8. The number of ether oxygens (including phenoxy) is 8. The summed E-state index contributed by atoms with van der Waals surface area (Å²) in [5.74, 6) is -4.37. The summed E-state index contributed by atoms with van der Waals surface area (Å²) in [6.07, 6.45) is -7.94. The molecule has 0 aliphatic carbocycles. The Bertz CT molecular complexity index is 793. The van der Waals surface area contributed by atoms with Crippen molar-refractivity contribution in [2.24, 2.45) is 0 Å². The lowest BCUT2D eigenvalue weighted by atomic mass is 9.98. The largest absolute Gasteiger partial charge is 0.463 e. The molecular weight excluding hydrogens is 476 g/mol. The molecule has 14 nitrogen and oxygen atoms in total. The minimum atomic E-state index is -1.47. The molecule has 198 valence electrons. The Morgan fingerprint density at radius 1 is 0.629 bits per heavy atom. The molecule has 6 atom stereocenters. The predicted octanol–water partition coefficient (Wildman–Crippen LogP) is -0.419. The zero-order valence-corrected chi connectivity index (χ0v) is 20.3. The van der Waals surface area contributed by atoms with Gasteiger partial charge in [-0.2, -0.15) is 0 Å². The second-order valence-electron chi connectivity index (χ2n) is 7.44. The average molecular weight is 506 g/mol. The van der Waals surface area contributed by atoms with Gasteiger partial charge in [-0.05, 0) is 0 Å². The van der Waals surface area contributed by atoms with Gasteiger partial charge in [-0.3, -0.25) is 28.8 Å². The fraction of sp³-hybridized carbons (Fsp3) is 0.714. The topological polar surface area (TPSA) is 176 Å². The van der Waals surface area contributed by atoms with E-state index in [0.717, 1.165) is 41.5 Å². The molecule has 0 aromatic heterocycles. The first-order chi connectivity index (χ1) is 16.3. The van der Waals surface area contributed by atoms with Crippen LogP contribution in [0, 0.1) is 0 Å². The molecule has 0 unspecified atom stereocenters. The molecule has 0 amide bonds. The SMILES string of the molecule is CC(=O)OC[C@H](CO[C@H]1O[C@H](COC(C)=O)[C@H](OC(C)=O)[C@H](OC(C)=O)[C@H]1OC(C)=O)OC(C)=O. The van der Waals surface area contributed by atoms with Gasteiger partial charge in [0, 0.05) is 41.5 Å². The van der Waals surface area contributed by atoms with Crippen LogP contribution < -0.4 is 0 Å². The van der Waals surface area contributed by atoms with E-state index < -0.39 is 85.8 Å². The molecule has 0 bridgehead atoms. The van der Waals surface area contributed by atoms with Crippen molar-refractivity contribution in [3.05, 3.63) is 0 Å². The van der Waals surface area contributed by atoms with E-state index in [1.54, 1.807) is 0 Å². The summed E-state index contributed by atoms with van der Waals surface area (Å²) in [7, 11) is 0. The predicted molar refractivity (Wildman–Crippen MR) is 110 cm³/mol. The molecule has 0 N–H and O–H groups in total. The van der Waals surface area contributed by atoms with Crippen LogP contribution in [0.5, 0.6) is 0 Å². The fourth-order valence-corrected chi connectivity index (χ4v) is 3.09. The number of carbonyl (C=O) groups excluding carboxylic acids is 6. The van der Waals surface area contributed by atoms with Crippen LogP contribution in [0.3, 0.4) is 0 Å². The molecule has 35 heavy (non-hydrogen) atoms. The summed E-state index contributed by atoms with van der Waals surface area (Å²) < 4.78 is 42.1.